The molecule has 0 radical (unpaired) electrons. The Labute approximate surface area is 137 Å². The van der Waals surface area contributed by atoms with Crippen LogP contribution < -0.4 is 16.4 Å². The highest BCUT2D eigenvalue weighted by Crippen LogP contribution is 2.10. The number of thiophene rings is 1. The van der Waals surface area contributed by atoms with Crippen molar-refractivity contribution in [2.45, 2.75) is 12.8 Å². The van der Waals surface area contributed by atoms with Gasteiger partial charge in [-0.25, -0.2) is 0 Å². The predicted octanol–water partition coefficient (Wildman–Crippen LogP) is 2.00. The lowest BCUT2D eigenvalue weighted by Crippen LogP contribution is -2.25. The van der Waals surface area contributed by atoms with E-state index >= 15 is 0 Å². The summed E-state index contributed by atoms with van der Waals surface area (Å²) in [5.41, 5.74) is 6.77. The maximum Gasteiger partial charge on any atom is 0.252 e. The lowest BCUT2D eigenvalue weighted by molar-refractivity contribution is -0.116. The molecule has 0 bridgehead atoms. The summed E-state index contributed by atoms with van der Waals surface area (Å²) in [6.45, 7) is 0.433. The molecule has 1 aromatic carbocycles. The van der Waals surface area contributed by atoms with Gasteiger partial charge in [-0.15, -0.1) is 0 Å². The van der Waals surface area contributed by atoms with Gasteiger partial charge in [-0.3, -0.25) is 14.4 Å². The molecule has 3 amide bonds. The Bertz CT molecular complexity index is 681. The standard InChI is InChI=1S/C16H17N3O3S/c17-15(21)11-3-5-13(6-4-11)19-14(20)2-1-8-18-16(22)12-7-9-23-10-12/h3-7,9-10H,1-2,8H2,(H2,17,21)(H,18,22)(H,19,20). The fraction of sp³-hybridized carbons (Fsp3) is 0.188. The van der Waals surface area contributed by atoms with Gasteiger partial charge >= 0.3 is 0 Å². The van der Waals surface area contributed by atoms with E-state index in [9.17, 15) is 14.4 Å². The van der Waals surface area contributed by atoms with Crippen molar-refractivity contribution in [3.05, 3.63) is 52.2 Å². The molecular formula is C16H17N3O3S. The van der Waals surface area contributed by atoms with Gasteiger partial charge in [0.05, 0.1) is 0 Å². The summed E-state index contributed by atoms with van der Waals surface area (Å²) in [7, 11) is 0. The second-order valence-corrected chi connectivity index (χ2v) is 5.64. The monoisotopic (exact) mass is 331 g/mol. The van der Waals surface area contributed by atoms with Gasteiger partial charge in [-0.2, -0.15) is 11.3 Å². The van der Waals surface area contributed by atoms with Gasteiger partial charge in [0.15, 0.2) is 0 Å². The van der Waals surface area contributed by atoms with E-state index in [0.717, 1.165) is 0 Å². The van der Waals surface area contributed by atoms with Crippen LogP contribution in [0.3, 0.4) is 0 Å². The van der Waals surface area contributed by atoms with Crippen molar-refractivity contribution >= 4 is 34.7 Å². The van der Waals surface area contributed by atoms with Crippen LogP contribution in [0.15, 0.2) is 41.1 Å². The highest BCUT2D eigenvalue weighted by atomic mass is 32.1. The molecule has 7 heteroatoms. The Kier molecular flexibility index (Phi) is 5.87. The number of rotatable bonds is 7. The number of nitrogens with one attached hydrogen (secondary N) is 2. The first kappa shape index (κ1) is 16.7. The zero-order valence-corrected chi connectivity index (χ0v) is 13.2. The van der Waals surface area contributed by atoms with E-state index in [1.807, 2.05) is 5.38 Å². The average molecular weight is 331 g/mol. The minimum atomic E-state index is -0.510. The molecule has 0 saturated carbocycles. The van der Waals surface area contributed by atoms with Crippen molar-refractivity contribution in [2.75, 3.05) is 11.9 Å². The van der Waals surface area contributed by atoms with Gasteiger partial charge in [0.1, 0.15) is 0 Å². The summed E-state index contributed by atoms with van der Waals surface area (Å²) in [6, 6.07) is 8.10. The minimum Gasteiger partial charge on any atom is -0.366 e. The topological polar surface area (TPSA) is 101 Å². The van der Waals surface area contributed by atoms with E-state index in [-0.39, 0.29) is 11.8 Å². The highest BCUT2D eigenvalue weighted by molar-refractivity contribution is 7.08. The molecule has 0 unspecified atom stereocenters. The number of amides is 3. The average Bonchev–Trinajstić information content (AvgIpc) is 3.06. The summed E-state index contributed by atoms with van der Waals surface area (Å²) in [5.74, 6) is -0.792. The second kappa shape index (κ2) is 8.09. The summed E-state index contributed by atoms with van der Waals surface area (Å²) in [4.78, 5) is 34.4. The van der Waals surface area contributed by atoms with Gasteiger partial charge in [0.2, 0.25) is 11.8 Å². The van der Waals surface area contributed by atoms with E-state index in [1.165, 1.54) is 11.3 Å². The summed E-state index contributed by atoms with van der Waals surface area (Å²) < 4.78 is 0. The van der Waals surface area contributed by atoms with Crippen molar-refractivity contribution < 1.29 is 14.4 Å². The molecule has 1 aromatic heterocycles. The maximum atomic E-state index is 11.8. The van der Waals surface area contributed by atoms with E-state index < -0.39 is 5.91 Å². The zero-order chi connectivity index (χ0) is 16.7. The van der Waals surface area contributed by atoms with Crippen LogP contribution in [0.1, 0.15) is 33.6 Å². The molecule has 6 nitrogen and oxygen atoms in total. The second-order valence-electron chi connectivity index (χ2n) is 4.86. The number of benzene rings is 1. The minimum absolute atomic E-state index is 0.131. The fourth-order valence-electron chi connectivity index (χ4n) is 1.89. The number of nitrogens with two attached hydrogens (primary N) is 1. The first-order valence-corrected chi connectivity index (χ1v) is 8.00. The lowest BCUT2D eigenvalue weighted by Gasteiger charge is -2.06. The van der Waals surface area contributed by atoms with Crippen molar-refractivity contribution in [3.8, 4) is 0 Å². The Morgan fingerprint density at radius 3 is 2.39 bits per heavy atom. The number of carbonyl (C=O) groups excluding carboxylic acids is 3. The van der Waals surface area contributed by atoms with Gasteiger partial charge in [-0.1, -0.05) is 0 Å². The van der Waals surface area contributed by atoms with E-state index in [4.69, 9.17) is 5.73 Å². The summed E-state index contributed by atoms with van der Waals surface area (Å²) in [6.07, 6.45) is 0.836. The first-order valence-electron chi connectivity index (χ1n) is 7.06. The molecule has 1 heterocycles. The van der Waals surface area contributed by atoms with Crippen molar-refractivity contribution in [3.63, 3.8) is 0 Å². The van der Waals surface area contributed by atoms with Gasteiger partial charge < -0.3 is 16.4 Å². The molecule has 0 spiro atoms. The van der Waals surface area contributed by atoms with Crippen molar-refractivity contribution in [1.29, 1.82) is 0 Å². The predicted molar refractivity (Wildman–Crippen MR) is 89.5 cm³/mol. The van der Waals surface area contributed by atoms with E-state index in [2.05, 4.69) is 10.6 Å². The molecule has 0 aliphatic rings. The van der Waals surface area contributed by atoms with Gasteiger partial charge in [0.25, 0.3) is 5.91 Å². The molecule has 4 N–H and O–H groups in total. The molecule has 0 atom stereocenters. The molecule has 0 saturated heterocycles. The number of carbonyl (C=O) groups is 3. The van der Waals surface area contributed by atoms with Gasteiger partial charge in [0, 0.05) is 35.2 Å². The number of hydrogen-bond acceptors (Lipinski definition) is 4. The molecule has 2 rings (SSSR count). The summed E-state index contributed by atoms with van der Waals surface area (Å²) >= 11 is 1.46. The molecule has 0 aliphatic heterocycles. The summed E-state index contributed by atoms with van der Waals surface area (Å²) in [5, 5.41) is 9.10. The Morgan fingerprint density at radius 1 is 1.04 bits per heavy atom. The third-order valence-corrected chi connectivity index (χ3v) is 3.79. The number of hydrogen-bond donors (Lipinski definition) is 3. The van der Waals surface area contributed by atoms with Crippen LogP contribution in [0.2, 0.25) is 0 Å². The largest absolute Gasteiger partial charge is 0.366 e. The Balaban J connectivity index is 1.69. The third-order valence-electron chi connectivity index (χ3n) is 3.10. The number of primary amides is 1. The van der Waals surface area contributed by atoms with Crippen LogP contribution in [-0.4, -0.2) is 24.3 Å². The Hall–Kier alpha value is -2.67. The lowest BCUT2D eigenvalue weighted by atomic mass is 10.2. The first-order chi connectivity index (χ1) is 11.1. The normalized spacial score (nSPS) is 10.1. The quantitative estimate of drug-likeness (QED) is 0.676. The van der Waals surface area contributed by atoms with Crippen LogP contribution >= 0.6 is 11.3 Å². The van der Waals surface area contributed by atoms with Crippen molar-refractivity contribution in [1.82, 2.24) is 5.32 Å². The molecular weight excluding hydrogens is 314 g/mol. The highest BCUT2D eigenvalue weighted by Gasteiger charge is 2.06. The van der Waals surface area contributed by atoms with Crippen LogP contribution in [0, 0.1) is 0 Å². The maximum absolute atomic E-state index is 11.8. The molecule has 120 valence electrons. The Morgan fingerprint density at radius 2 is 1.78 bits per heavy atom. The fourth-order valence-corrected chi connectivity index (χ4v) is 2.52. The molecule has 0 fully saturated rings. The van der Waals surface area contributed by atoms with Crippen molar-refractivity contribution in [2.24, 2.45) is 5.73 Å². The van der Waals surface area contributed by atoms with Crippen LogP contribution in [-0.2, 0) is 4.79 Å². The van der Waals surface area contributed by atoms with Crippen LogP contribution in [0.5, 0.6) is 0 Å². The SMILES string of the molecule is NC(=O)c1ccc(NC(=O)CCCNC(=O)c2ccsc2)cc1. The van der Waals surface area contributed by atoms with Gasteiger partial charge in [-0.05, 0) is 42.1 Å². The third kappa shape index (κ3) is 5.23. The smallest absolute Gasteiger partial charge is 0.252 e. The van der Waals surface area contributed by atoms with Crippen LogP contribution in [0.4, 0.5) is 5.69 Å². The number of anilines is 1. The molecule has 2 aromatic rings. The zero-order valence-electron chi connectivity index (χ0n) is 12.4. The molecule has 0 aliphatic carbocycles. The molecule has 23 heavy (non-hydrogen) atoms. The van der Waals surface area contributed by atoms with Crippen LogP contribution in [0.25, 0.3) is 0 Å². The van der Waals surface area contributed by atoms with E-state index in [1.54, 1.807) is 35.7 Å². The van der Waals surface area contributed by atoms with E-state index in [0.29, 0.717) is 36.2 Å².